The van der Waals surface area contributed by atoms with Crippen LogP contribution in [0.4, 0.5) is 0 Å². The van der Waals surface area contributed by atoms with Crippen LogP contribution in [0.1, 0.15) is 35.3 Å². The van der Waals surface area contributed by atoms with E-state index in [9.17, 15) is 4.79 Å². The van der Waals surface area contributed by atoms with Crippen molar-refractivity contribution in [1.82, 2.24) is 10.5 Å². The number of fused-ring (bicyclic) bond motifs is 1. The number of hydrogen-bond donors (Lipinski definition) is 1. The van der Waals surface area contributed by atoms with Crippen molar-refractivity contribution in [1.29, 1.82) is 0 Å². The normalized spacial score (nSPS) is 18.4. The van der Waals surface area contributed by atoms with Gasteiger partial charge in [-0.25, -0.2) is 10.3 Å². The van der Waals surface area contributed by atoms with Crippen molar-refractivity contribution in [3.05, 3.63) is 40.0 Å². The number of benzene rings is 1. The van der Waals surface area contributed by atoms with Crippen LogP contribution < -0.4 is 5.48 Å². The molecule has 1 aliphatic heterocycles. The second-order valence-corrected chi connectivity index (χ2v) is 6.23. The molecule has 116 valence electrons. The van der Waals surface area contributed by atoms with Crippen molar-refractivity contribution >= 4 is 32.7 Å². The van der Waals surface area contributed by atoms with Crippen molar-refractivity contribution in [3.63, 3.8) is 0 Å². The molecule has 0 saturated carbocycles. The Bertz CT molecular complexity index is 699. The van der Waals surface area contributed by atoms with Crippen LogP contribution in [0, 0.1) is 6.92 Å². The molecule has 1 amide bonds. The number of ether oxygens (including phenoxy) is 1. The van der Waals surface area contributed by atoms with Gasteiger partial charge in [-0.2, -0.15) is 0 Å². The second kappa shape index (κ2) is 6.73. The van der Waals surface area contributed by atoms with Crippen LogP contribution in [0.5, 0.6) is 0 Å². The van der Waals surface area contributed by atoms with Crippen molar-refractivity contribution in [3.8, 4) is 0 Å². The van der Waals surface area contributed by atoms with Gasteiger partial charge < -0.3 is 4.74 Å². The summed E-state index contributed by atoms with van der Waals surface area (Å²) in [5, 5.41) is 0.783. The Labute approximate surface area is 137 Å². The number of hydrogen-bond acceptors (Lipinski definition) is 4. The van der Waals surface area contributed by atoms with Crippen LogP contribution in [0.25, 0.3) is 10.9 Å². The molecular formula is C16H17BrN2O3. The van der Waals surface area contributed by atoms with Gasteiger partial charge in [0.25, 0.3) is 5.91 Å². The maximum Gasteiger partial charge on any atom is 0.275 e. The number of pyridine rings is 1. The summed E-state index contributed by atoms with van der Waals surface area (Å²) in [5.41, 5.74) is 4.61. The molecule has 1 saturated heterocycles. The molecule has 0 spiro atoms. The van der Waals surface area contributed by atoms with E-state index in [1.165, 1.54) is 0 Å². The average molecular weight is 365 g/mol. The Morgan fingerprint density at radius 2 is 2.27 bits per heavy atom. The van der Waals surface area contributed by atoms with Gasteiger partial charge in [0.15, 0.2) is 6.29 Å². The SMILES string of the molecule is Cc1cc(C(=O)NOC2CCCCO2)c2cc(Br)ccc2n1. The molecule has 1 atom stereocenters. The van der Waals surface area contributed by atoms with Crippen LogP contribution in [0.3, 0.4) is 0 Å². The molecule has 3 rings (SSSR count). The van der Waals surface area contributed by atoms with Crippen molar-refractivity contribution in [2.75, 3.05) is 6.61 Å². The van der Waals surface area contributed by atoms with Crippen molar-refractivity contribution in [2.24, 2.45) is 0 Å². The van der Waals surface area contributed by atoms with E-state index >= 15 is 0 Å². The summed E-state index contributed by atoms with van der Waals surface area (Å²) < 4.78 is 6.34. The second-order valence-electron chi connectivity index (χ2n) is 5.32. The molecular weight excluding hydrogens is 348 g/mol. The molecule has 5 nitrogen and oxygen atoms in total. The third-order valence-corrected chi connectivity index (χ3v) is 4.06. The lowest BCUT2D eigenvalue weighted by Gasteiger charge is -2.22. The number of carbonyl (C=O) groups excluding carboxylic acids is 1. The van der Waals surface area contributed by atoms with E-state index in [1.54, 1.807) is 6.07 Å². The van der Waals surface area contributed by atoms with Gasteiger partial charge in [-0.3, -0.25) is 9.78 Å². The number of nitrogens with one attached hydrogen (secondary N) is 1. The monoisotopic (exact) mass is 364 g/mol. The van der Waals surface area contributed by atoms with E-state index < -0.39 is 0 Å². The molecule has 22 heavy (non-hydrogen) atoms. The zero-order chi connectivity index (χ0) is 15.5. The standard InChI is InChI=1S/C16H17BrN2O3/c1-10-8-13(12-9-11(17)5-6-14(12)18-10)16(20)19-22-15-4-2-3-7-21-15/h5-6,8-9,15H,2-4,7H2,1H3,(H,19,20). The molecule has 1 aromatic carbocycles. The fourth-order valence-electron chi connectivity index (χ4n) is 2.50. The van der Waals surface area contributed by atoms with E-state index in [4.69, 9.17) is 9.57 Å². The highest BCUT2D eigenvalue weighted by Gasteiger charge is 2.18. The maximum absolute atomic E-state index is 12.4. The van der Waals surface area contributed by atoms with Crippen LogP contribution in [0.15, 0.2) is 28.7 Å². The molecule has 1 N–H and O–H groups in total. The Hall–Kier alpha value is -1.50. The quantitative estimate of drug-likeness (QED) is 0.846. The minimum Gasteiger partial charge on any atom is -0.350 e. The molecule has 2 heterocycles. The Kier molecular flexibility index (Phi) is 4.71. The highest BCUT2D eigenvalue weighted by molar-refractivity contribution is 9.10. The van der Waals surface area contributed by atoms with Crippen LogP contribution in [-0.2, 0) is 9.57 Å². The molecule has 1 aliphatic rings. The van der Waals surface area contributed by atoms with Gasteiger partial charge in [-0.15, -0.1) is 0 Å². The Morgan fingerprint density at radius 1 is 1.41 bits per heavy atom. The summed E-state index contributed by atoms with van der Waals surface area (Å²) in [6.45, 7) is 2.54. The minimum absolute atomic E-state index is 0.289. The molecule has 0 bridgehead atoms. The molecule has 1 fully saturated rings. The summed E-state index contributed by atoms with van der Waals surface area (Å²) in [4.78, 5) is 22.2. The summed E-state index contributed by atoms with van der Waals surface area (Å²) in [6.07, 6.45) is 2.52. The number of amides is 1. The van der Waals surface area contributed by atoms with Crippen LogP contribution in [0.2, 0.25) is 0 Å². The largest absolute Gasteiger partial charge is 0.350 e. The molecule has 0 aliphatic carbocycles. The fourth-order valence-corrected chi connectivity index (χ4v) is 2.86. The molecule has 0 radical (unpaired) electrons. The third kappa shape index (κ3) is 3.45. The first-order valence-corrected chi connectivity index (χ1v) is 8.07. The summed E-state index contributed by atoms with van der Waals surface area (Å²) in [5.74, 6) is -0.289. The summed E-state index contributed by atoms with van der Waals surface area (Å²) >= 11 is 3.43. The zero-order valence-corrected chi connectivity index (χ0v) is 13.9. The number of halogens is 1. The summed E-state index contributed by atoms with van der Waals surface area (Å²) in [7, 11) is 0. The number of hydroxylamine groups is 1. The number of rotatable bonds is 3. The lowest BCUT2D eigenvalue weighted by molar-refractivity contribution is -0.186. The lowest BCUT2D eigenvalue weighted by atomic mass is 10.1. The number of nitrogens with zero attached hydrogens (tertiary/aromatic N) is 1. The number of aryl methyl sites for hydroxylation is 1. The van der Waals surface area contributed by atoms with Gasteiger partial charge in [0.2, 0.25) is 0 Å². The predicted octanol–water partition coefficient (Wildman–Crippen LogP) is 3.49. The van der Waals surface area contributed by atoms with Gasteiger partial charge in [0.1, 0.15) is 0 Å². The lowest BCUT2D eigenvalue weighted by Crippen LogP contribution is -2.33. The van der Waals surface area contributed by atoms with Gasteiger partial charge in [0.05, 0.1) is 11.1 Å². The van der Waals surface area contributed by atoms with Crippen LogP contribution >= 0.6 is 15.9 Å². The minimum atomic E-state index is -0.362. The van der Waals surface area contributed by atoms with E-state index in [-0.39, 0.29) is 12.2 Å². The first-order valence-electron chi connectivity index (χ1n) is 7.28. The zero-order valence-electron chi connectivity index (χ0n) is 12.3. The fraction of sp³-hybridized carbons (Fsp3) is 0.375. The number of aromatic nitrogens is 1. The van der Waals surface area contributed by atoms with E-state index in [0.717, 1.165) is 40.3 Å². The molecule has 6 heteroatoms. The maximum atomic E-state index is 12.4. The van der Waals surface area contributed by atoms with Gasteiger partial charge in [-0.1, -0.05) is 15.9 Å². The highest BCUT2D eigenvalue weighted by atomic mass is 79.9. The topological polar surface area (TPSA) is 60.5 Å². The third-order valence-electron chi connectivity index (χ3n) is 3.56. The van der Waals surface area contributed by atoms with Gasteiger partial charge >= 0.3 is 0 Å². The van der Waals surface area contributed by atoms with Crippen molar-refractivity contribution < 1.29 is 14.4 Å². The predicted molar refractivity (Wildman–Crippen MR) is 86.3 cm³/mol. The molecule has 1 unspecified atom stereocenters. The van der Waals surface area contributed by atoms with Gasteiger partial charge in [-0.05, 0) is 44.0 Å². The first kappa shape index (κ1) is 15.4. The van der Waals surface area contributed by atoms with Gasteiger partial charge in [0, 0.05) is 28.6 Å². The smallest absolute Gasteiger partial charge is 0.275 e. The molecule has 2 aromatic rings. The summed E-state index contributed by atoms with van der Waals surface area (Å²) in [6, 6.07) is 7.43. The van der Waals surface area contributed by atoms with Crippen molar-refractivity contribution in [2.45, 2.75) is 32.5 Å². The number of carbonyl (C=O) groups is 1. The molecule has 1 aromatic heterocycles. The Balaban J connectivity index is 1.81. The average Bonchev–Trinajstić information content (AvgIpc) is 2.53. The Morgan fingerprint density at radius 3 is 3.05 bits per heavy atom. The first-order chi connectivity index (χ1) is 10.6. The highest BCUT2D eigenvalue weighted by Crippen LogP contribution is 2.23. The van der Waals surface area contributed by atoms with E-state index in [2.05, 4.69) is 26.4 Å². The van der Waals surface area contributed by atoms with E-state index in [1.807, 2.05) is 25.1 Å². The van der Waals surface area contributed by atoms with E-state index in [0.29, 0.717) is 12.2 Å². The van der Waals surface area contributed by atoms with Crippen LogP contribution in [-0.4, -0.2) is 23.8 Å².